The maximum absolute atomic E-state index is 14.2. The van der Waals surface area contributed by atoms with Crippen LogP contribution in [-0.4, -0.2) is 29.3 Å². The lowest BCUT2D eigenvalue weighted by Crippen LogP contribution is -2.44. The van der Waals surface area contributed by atoms with Gasteiger partial charge in [0.25, 0.3) is 5.91 Å². The number of benzene rings is 2. The Morgan fingerprint density at radius 3 is 2.47 bits per heavy atom. The summed E-state index contributed by atoms with van der Waals surface area (Å²) in [6.45, 7) is 4.58. The van der Waals surface area contributed by atoms with Crippen LogP contribution in [0.2, 0.25) is 0 Å². The van der Waals surface area contributed by atoms with E-state index in [4.69, 9.17) is 0 Å². The predicted octanol–water partition coefficient (Wildman–Crippen LogP) is 3.17. The zero-order chi connectivity index (χ0) is 22.1. The van der Waals surface area contributed by atoms with Crippen LogP contribution < -0.4 is 10.6 Å². The number of nitrogens with zero attached hydrogens (tertiary/aromatic N) is 1. The van der Waals surface area contributed by atoms with Gasteiger partial charge >= 0.3 is 6.03 Å². The summed E-state index contributed by atoms with van der Waals surface area (Å²) in [5.41, 5.74) is -0.0523. The number of nitrogens with one attached hydrogen (secondary N) is 2. The standard InChI is InChI=1S/C22H23F2N3O3/c1-4-14-5-7-15(8-6-14)13(2)25-19(28)12-27-20(29)22(3,26-21(27)30)17-11-16(23)9-10-18(17)24/h5-11,13H,4,12H2,1-3H3,(H,25,28)(H,26,30)/t13-,22-/m1/s1. The molecule has 3 rings (SSSR count). The second-order valence-corrected chi connectivity index (χ2v) is 7.45. The highest BCUT2D eigenvalue weighted by Crippen LogP contribution is 2.31. The van der Waals surface area contributed by atoms with Crippen LogP contribution in [0.15, 0.2) is 42.5 Å². The summed E-state index contributed by atoms with van der Waals surface area (Å²) >= 11 is 0. The van der Waals surface area contributed by atoms with Gasteiger partial charge in [0.05, 0.1) is 6.04 Å². The van der Waals surface area contributed by atoms with Crippen molar-refractivity contribution in [2.75, 3.05) is 6.54 Å². The number of halogens is 2. The Labute approximate surface area is 173 Å². The summed E-state index contributed by atoms with van der Waals surface area (Å²) in [5, 5.41) is 5.11. The first-order valence-corrected chi connectivity index (χ1v) is 9.63. The van der Waals surface area contributed by atoms with Crippen LogP contribution in [-0.2, 0) is 21.5 Å². The molecule has 1 aliphatic heterocycles. The minimum Gasteiger partial charge on any atom is -0.348 e. The molecule has 1 heterocycles. The number of rotatable bonds is 6. The molecule has 158 valence electrons. The quantitative estimate of drug-likeness (QED) is 0.712. The molecule has 1 saturated heterocycles. The van der Waals surface area contributed by atoms with Crippen LogP contribution in [0.25, 0.3) is 0 Å². The van der Waals surface area contributed by atoms with Crippen molar-refractivity contribution in [2.24, 2.45) is 0 Å². The van der Waals surface area contributed by atoms with Gasteiger partial charge < -0.3 is 10.6 Å². The number of hydrogen-bond donors (Lipinski definition) is 2. The highest BCUT2D eigenvalue weighted by atomic mass is 19.1. The largest absolute Gasteiger partial charge is 0.348 e. The summed E-state index contributed by atoms with van der Waals surface area (Å²) in [7, 11) is 0. The van der Waals surface area contributed by atoms with Crippen LogP contribution in [0.1, 0.15) is 43.5 Å². The molecule has 0 unspecified atom stereocenters. The van der Waals surface area contributed by atoms with Crippen molar-refractivity contribution in [2.45, 2.75) is 38.8 Å². The molecule has 2 aromatic rings. The molecule has 30 heavy (non-hydrogen) atoms. The van der Waals surface area contributed by atoms with Crippen molar-refractivity contribution in [3.05, 3.63) is 70.8 Å². The first-order valence-electron chi connectivity index (χ1n) is 9.63. The normalized spacial score (nSPS) is 19.6. The van der Waals surface area contributed by atoms with Crippen LogP contribution >= 0.6 is 0 Å². The fourth-order valence-corrected chi connectivity index (χ4v) is 3.46. The van der Waals surface area contributed by atoms with Gasteiger partial charge in [0.1, 0.15) is 23.7 Å². The van der Waals surface area contributed by atoms with Crippen LogP contribution in [0, 0.1) is 11.6 Å². The second kappa shape index (κ2) is 8.22. The Morgan fingerprint density at radius 2 is 1.83 bits per heavy atom. The molecule has 2 N–H and O–H groups in total. The molecule has 0 saturated carbocycles. The number of urea groups is 1. The average Bonchev–Trinajstić information content (AvgIpc) is 2.93. The Kier molecular flexibility index (Phi) is 5.87. The number of carbonyl (C=O) groups is 3. The number of imide groups is 1. The van der Waals surface area contributed by atoms with Gasteiger partial charge in [-0.05, 0) is 49.6 Å². The van der Waals surface area contributed by atoms with Crippen LogP contribution in [0.4, 0.5) is 13.6 Å². The van der Waals surface area contributed by atoms with E-state index in [1.165, 1.54) is 12.5 Å². The zero-order valence-corrected chi connectivity index (χ0v) is 17.0. The molecule has 1 fully saturated rings. The molecule has 0 aromatic heterocycles. The van der Waals surface area contributed by atoms with E-state index < -0.39 is 41.6 Å². The summed E-state index contributed by atoms with van der Waals surface area (Å²) in [6.07, 6.45) is 0.901. The Bertz CT molecular complexity index is 994. The maximum Gasteiger partial charge on any atom is 0.325 e. The molecule has 4 amide bonds. The second-order valence-electron chi connectivity index (χ2n) is 7.45. The van der Waals surface area contributed by atoms with Gasteiger partial charge in [-0.2, -0.15) is 0 Å². The van der Waals surface area contributed by atoms with E-state index in [-0.39, 0.29) is 11.6 Å². The van der Waals surface area contributed by atoms with E-state index in [0.717, 1.165) is 30.2 Å². The lowest BCUT2D eigenvalue weighted by molar-refractivity contribution is -0.135. The van der Waals surface area contributed by atoms with E-state index in [2.05, 4.69) is 10.6 Å². The Morgan fingerprint density at radius 1 is 1.17 bits per heavy atom. The molecule has 6 nitrogen and oxygen atoms in total. The van der Waals surface area contributed by atoms with E-state index in [0.29, 0.717) is 4.90 Å². The smallest absolute Gasteiger partial charge is 0.325 e. The average molecular weight is 415 g/mol. The first kappa shape index (κ1) is 21.4. The number of carbonyl (C=O) groups excluding carboxylic acids is 3. The minimum atomic E-state index is -1.80. The van der Waals surface area contributed by atoms with Crippen molar-refractivity contribution in [1.29, 1.82) is 0 Å². The van der Waals surface area contributed by atoms with Gasteiger partial charge in [-0.15, -0.1) is 0 Å². The molecule has 2 atom stereocenters. The molecule has 0 aliphatic carbocycles. The van der Waals surface area contributed by atoms with Crippen molar-refractivity contribution in [3.63, 3.8) is 0 Å². The van der Waals surface area contributed by atoms with Crippen molar-refractivity contribution >= 4 is 17.8 Å². The third-order valence-corrected chi connectivity index (χ3v) is 5.31. The predicted molar refractivity (Wildman–Crippen MR) is 106 cm³/mol. The third-order valence-electron chi connectivity index (χ3n) is 5.31. The summed E-state index contributed by atoms with van der Waals surface area (Å²) in [5.74, 6) is -2.95. The molecule has 2 aromatic carbocycles. The molecule has 0 bridgehead atoms. The van der Waals surface area contributed by atoms with Gasteiger partial charge in [-0.3, -0.25) is 14.5 Å². The Hall–Kier alpha value is -3.29. The maximum atomic E-state index is 14.2. The third kappa shape index (κ3) is 4.03. The van der Waals surface area contributed by atoms with Gasteiger partial charge in [0.15, 0.2) is 0 Å². The topological polar surface area (TPSA) is 78.5 Å². The molecular formula is C22H23F2N3O3. The van der Waals surface area contributed by atoms with E-state index in [1.807, 2.05) is 31.2 Å². The van der Waals surface area contributed by atoms with Gasteiger partial charge in [0.2, 0.25) is 5.91 Å². The van der Waals surface area contributed by atoms with Crippen LogP contribution in [0.3, 0.4) is 0 Å². The fraction of sp³-hybridized carbons (Fsp3) is 0.318. The van der Waals surface area contributed by atoms with Gasteiger partial charge in [0, 0.05) is 5.56 Å². The van der Waals surface area contributed by atoms with E-state index >= 15 is 0 Å². The zero-order valence-electron chi connectivity index (χ0n) is 17.0. The number of hydrogen-bond acceptors (Lipinski definition) is 3. The SMILES string of the molecule is CCc1ccc([C@@H](C)NC(=O)CN2C(=O)N[C@](C)(c3cc(F)ccc3F)C2=O)cc1. The van der Waals surface area contributed by atoms with Gasteiger partial charge in [-0.25, -0.2) is 13.6 Å². The first-order chi connectivity index (χ1) is 14.2. The monoisotopic (exact) mass is 415 g/mol. The number of amides is 4. The lowest BCUT2D eigenvalue weighted by atomic mass is 9.91. The molecule has 1 aliphatic rings. The summed E-state index contributed by atoms with van der Waals surface area (Å²) in [4.78, 5) is 38.3. The summed E-state index contributed by atoms with van der Waals surface area (Å²) < 4.78 is 27.8. The molecule has 0 spiro atoms. The van der Waals surface area contributed by atoms with Crippen molar-refractivity contribution in [3.8, 4) is 0 Å². The minimum absolute atomic E-state index is 0.298. The van der Waals surface area contributed by atoms with Crippen LogP contribution in [0.5, 0.6) is 0 Å². The van der Waals surface area contributed by atoms with Gasteiger partial charge in [-0.1, -0.05) is 31.2 Å². The fourth-order valence-electron chi connectivity index (χ4n) is 3.46. The highest BCUT2D eigenvalue weighted by molar-refractivity contribution is 6.09. The molecular weight excluding hydrogens is 392 g/mol. The Balaban J connectivity index is 1.71. The molecule has 8 heteroatoms. The summed E-state index contributed by atoms with van der Waals surface area (Å²) in [6, 6.07) is 9.22. The van der Waals surface area contributed by atoms with E-state index in [9.17, 15) is 23.2 Å². The highest BCUT2D eigenvalue weighted by Gasteiger charge is 2.50. The van der Waals surface area contributed by atoms with Crippen molar-refractivity contribution < 1.29 is 23.2 Å². The van der Waals surface area contributed by atoms with E-state index in [1.54, 1.807) is 6.92 Å². The lowest BCUT2D eigenvalue weighted by Gasteiger charge is -2.23. The molecule has 0 radical (unpaired) electrons. The van der Waals surface area contributed by atoms with Crippen molar-refractivity contribution in [1.82, 2.24) is 15.5 Å². The number of aryl methyl sites for hydroxylation is 1.